The van der Waals surface area contributed by atoms with Crippen molar-refractivity contribution in [1.29, 1.82) is 0 Å². The van der Waals surface area contributed by atoms with Crippen molar-refractivity contribution in [2.45, 2.75) is 6.92 Å². The number of nitrogens with zero attached hydrogens (tertiary/aromatic N) is 3. The predicted molar refractivity (Wildman–Crippen MR) is 106 cm³/mol. The number of hydrogen-bond donors (Lipinski definition) is 1. The van der Waals surface area contributed by atoms with Gasteiger partial charge in [0.2, 0.25) is 5.28 Å². The molecular formula is C18H20ClN3O3S. The van der Waals surface area contributed by atoms with Crippen molar-refractivity contribution >= 4 is 39.0 Å². The maximum Gasteiger partial charge on any atom is 0.225 e. The van der Waals surface area contributed by atoms with Gasteiger partial charge in [-0.05, 0) is 36.2 Å². The Morgan fingerprint density at radius 2 is 1.92 bits per heavy atom. The fraction of sp³-hybridized carbons (Fsp3) is 0.333. The standard InChI is InChI=1S/C18H20ClN3O3S/c1-10-14(11-5-6-12(24-3)13(9-11)25-4)15-16(22(2)7-8-23)20-18(19)21-17(15)26-10/h5-6,9,23H,7-8H2,1-4H3. The van der Waals surface area contributed by atoms with Crippen molar-refractivity contribution in [3.05, 3.63) is 28.4 Å². The molecule has 0 atom stereocenters. The van der Waals surface area contributed by atoms with Gasteiger partial charge in [0.05, 0.1) is 26.2 Å². The fourth-order valence-corrected chi connectivity index (χ4v) is 4.19. The molecule has 6 nitrogen and oxygen atoms in total. The first-order valence-corrected chi connectivity index (χ1v) is 9.20. The van der Waals surface area contributed by atoms with Crippen molar-refractivity contribution in [3.8, 4) is 22.6 Å². The fourth-order valence-electron chi connectivity index (χ4n) is 2.94. The van der Waals surface area contributed by atoms with Crippen molar-refractivity contribution < 1.29 is 14.6 Å². The molecule has 0 saturated carbocycles. The largest absolute Gasteiger partial charge is 0.493 e. The molecule has 3 aromatic rings. The summed E-state index contributed by atoms with van der Waals surface area (Å²) in [6.45, 7) is 2.51. The zero-order chi connectivity index (χ0) is 18.8. The second-order valence-electron chi connectivity index (χ2n) is 5.74. The SMILES string of the molecule is COc1ccc(-c2c(C)sc3nc(Cl)nc(N(C)CCO)c23)cc1OC. The van der Waals surface area contributed by atoms with E-state index < -0.39 is 0 Å². The molecule has 0 radical (unpaired) electrons. The highest BCUT2D eigenvalue weighted by Crippen LogP contribution is 2.44. The summed E-state index contributed by atoms with van der Waals surface area (Å²) in [6, 6.07) is 5.81. The van der Waals surface area contributed by atoms with E-state index in [1.54, 1.807) is 25.6 Å². The van der Waals surface area contributed by atoms with E-state index in [1.165, 1.54) is 0 Å². The molecule has 1 N–H and O–H groups in total. The van der Waals surface area contributed by atoms with Crippen LogP contribution < -0.4 is 14.4 Å². The highest BCUT2D eigenvalue weighted by Gasteiger charge is 2.21. The first-order chi connectivity index (χ1) is 12.5. The Kier molecular flexibility index (Phi) is 5.50. The number of fused-ring (bicyclic) bond motifs is 1. The summed E-state index contributed by atoms with van der Waals surface area (Å²) in [5.74, 6) is 2.03. The zero-order valence-corrected chi connectivity index (χ0v) is 16.6. The average molecular weight is 394 g/mol. The van der Waals surface area contributed by atoms with Crippen LogP contribution in [0.3, 0.4) is 0 Å². The van der Waals surface area contributed by atoms with E-state index in [4.69, 9.17) is 21.1 Å². The Morgan fingerprint density at radius 1 is 1.19 bits per heavy atom. The quantitative estimate of drug-likeness (QED) is 0.643. The van der Waals surface area contributed by atoms with Crippen LogP contribution in [-0.4, -0.2) is 49.5 Å². The predicted octanol–water partition coefficient (Wildman–Crippen LogP) is 3.77. The lowest BCUT2D eigenvalue weighted by molar-refractivity contribution is 0.304. The Balaban J connectivity index is 2.28. The maximum atomic E-state index is 9.31. The van der Waals surface area contributed by atoms with Crippen molar-refractivity contribution in [2.75, 3.05) is 39.3 Å². The number of rotatable bonds is 6. The molecule has 0 saturated heterocycles. The number of thiophene rings is 1. The van der Waals surface area contributed by atoms with Gasteiger partial charge >= 0.3 is 0 Å². The lowest BCUT2D eigenvalue weighted by Crippen LogP contribution is -2.22. The highest BCUT2D eigenvalue weighted by molar-refractivity contribution is 7.19. The minimum absolute atomic E-state index is 0.0222. The van der Waals surface area contributed by atoms with Crippen LogP contribution in [0.2, 0.25) is 5.28 Å². The Bertz CT molecular complexity index is 945. The van der Waals surface area contributed by atoms with Gasteiger partial charge in [-0.25, -0.2) is 4.98 Å². The molecule has 0 amide bonds. The second kappa shape index (κ2) is 7.65. The van der Waals surface area contributed by atoms with Gasteiger partial charge in [0.15, 0.2) is 11.5 Å². The van der Waals surface area contributed by atoms with Crippen LogP contribution in [-0.2, 0) is 0 Å². The monoisotopic (exact) mass is 393 g/mol. The van der Waals surface area contributed by atoms with Gasteiger partial charge in [0.1, 0.15) is 10.6 Å². The van der Waals surface area contributed by atoms with Gasteiger partial charge in [0, 0.05) is 24.0 Å². The smallest absolute Gasteiger partial charge is 0.225 e. The third kappa shape index (κ3) is 3.30. The molecule has 0 fully saturated rings. The van der Waals surface area contributed by atoms with Gasteiger partial charge in [-0.1, -0.05) is 6.07 Å². The summed E-state index contributed by atoms with van der Waals surface area (Å²) >= 11 is 7.69. The molecule has 26 heavy (non-hydrogen) atoms. The van der Waals surface area contributed by atoms with Gasteiger partial charge in [-0.3, -0.25) is 0 Å². The van der Waals surface area contributed by atoms with Crippen molar-refractivity contribution in [3.63, 3.8) is 0 Å². The molecule has 0 aliphatic heterocycles. The molecule has 2 heterocycles. The van der Waals surface area contributed by atoms with Crippen molar-refractivity contribution in [1.82, 2.24) is 9.97 Å². The molecular weight excluding hydrogens is 374 g/mol. The summed E-state index contributed by atoms with van der Waals surface area (Å²) in [4.78, 5) is 12.6. The summed E-state index contributed by atoms with van der Waals surface area (Å²) in [5, 5.41) is 10.4. The van der Waals surface area contributed by atoms with Gasteiger partial charge in [-0.15, -0.1) is 11.3 Å². The van der Waals surface area contributed by atoms with Crippen LogP contribution in [0.5, 0.6) is 11.5 Å². The van der Waals surface area contributed by atoms with E-state index in [0.717, 1.165) is 26.2 Å². The van der Waals surface area contributed by atoms with Gasteiger partial charge in [-0.2, -0.15) is 4.98 Å². The molecule has 0 aliphatic carbocycles. The number of hydrogen-bond acceptors (Lipinski definition) is 7. The summed E-state index contributed by atoms with van der Waals surface area (Å²) in [7, 11) is 5.10. The minimum Gasteiger partial charge on any atom is -0.493 e. The molecule has 2 aromatic heterocycles. The van der Waals surface area contributed by atoms with Crippen LogP contribution in [0.4, 0.5) is 5.82 Å². The number of aryl methyl sites for hydroxylation is 1. The Labute approximate surface area is 161 Å². The van der Waals surface area contributed by atoms with Crippen molar-refractivity contribution in [2.24, 2.45) is 0 Å². The number of ether oxygens (including phenoxy) is 2. The van der Waals surface area contributed by atoms with E-state index in [9.17, 15) is 5.11 Å². The lowest BCUT2D eigenvalue weighted by Gasteiger charge is -2.19. The number of anilines is 1. The summed E-state index contributed by atoms with van der Waals surface area (Å²) in [5.41, 5.74) is 2.01. The van der Waals surface area contributed by atoms with E-state index in [2.05, 4.69) is 9.97 Å². The molecule has 1 aromatic carbocycles. The average Bonchev–Trinajstić information content (AvgIpc) is 2.95. The molecule has 0 bridgehead atoms. The molecule has 0 aliphatic rings. The van der Waals surface area contributed by atoms with Crippen LogP contribution in [0.15, 0.2) is 18.2 Å². The number of halogens is 1. The van der Waals surface area contributed by atoms with Crippen LogP contribution >= 0.6 is 22.9 Å². The van der Waals surface area contributed by atoms with E-state index >= 15 is 0 Å². The van der Waals surface area contributed by atoms with Gasteiger partial charge in [0.25, 0.3) is 0 Å². The number of aliphatic hydroxyl groups is 1. The van der Waals surface area contributed by atoms with E-state index in [1.807, 2.05) is 37.1 Å². The van der Waals surface area contributed by atoms with Crippen LogP contribution in [0.1, 0.15) is 4.88 Å². The van der Waals surface area contributed by atoms with E-state index in [-0.39, 0.29) is 11.9 Å². The van der Waals surface area contributed by atoms with Gasteiger partial charge < -0.3 is 19.5 Å². The normalized spacial score (nSPS) is 11.0. The Hall–Kier alpha value is -2.09. The first-order valence-electron chi connectivity index (χ1n) is 8.01. The Morgan fingerprint density at radius 3 is 2.58 bits per heavy atom. The van der Waals surface area contributed by atoms with Crippen LogP contribution in [0, 0.1) is 6.92 Å². The molecule has 0 unspecified atom stereocenters. The van der Waals surface area contributed by atoms with Crippen LogP contribution in [0.25, 0.3) is 21.3 Å². The summed E-state index contributed by atoms with van der Waals surface area (Å²) < 4.78 is 10.8. The first kappa shape index (κ1) is 18.7. The molecule has 8 heteroatoms. The topological polar surface area (TPSA) is 67.7 Å². The maximum absolute atomic E-state index is 9.31. The zero-order valence-electron chi connectivity index (χ0n) is 15.0. The highest BCUT2D eigenvalue weighted by atomic mass is 35.5. The molecule has 0 spiro atoms. The second-order valence-corrected chi connectivity index (χ2v) is 7.29. The number of likely N-dealkylation sites (N-methyl/N-ethyl adjacent to an activating group) is 1. The lowest BCUT2D eigenvalue weighted by atomic mass is 10.0. The van der Waals surface area contributed by atoms with E-state index in [0.29, 0.717) is 23.9 Å². The number of benzene rings is 1. The number of methoxy groups -OCH3 is 2. The number of aromatic nitrogens is 2. The molecule has 138 valence electrons. The third-order valence-electron chi connectivity index (χ3n) is 4.15. The molecule has 3 rings (SSSR count). The summed E-state index contributed by atoms with van der Waals surface area (Å²) in [6.07, 6.45) is 0. The third-order valence-corrected chi connectivity index (χ3v) is 5.32. The minimum atomic E-state index is 0.0222. The number of aliphatic hydroxyl groups excluding tert-OH is 1.